The number of carbonyl (C=O) groups is 1. The lowest BCUT2D eigenvalue weighted by Crippen LogP contribution is -2.12. The van der Waals surface area contributed by atoms with E-state index in [2.05, 4.69) is 12.2 Å². The van der Waals surface area contributed by atoms with E-state index in [4.69, 9.17) is 0 Å². The summed E-state index contributed by atoms with van der Waals surface area (Å²) in [6.07, 6.45) is 8.01. The minimum absolute atomic E-state index is 0.123. The predicted octanol–water partition coefficient (Wildman–Crippen LogP) is 2.65. The number of ketones is 1. The van der Waals surface area contributed by atoms with Crippen LogP contribution in [-0.4, -0.2) is 12.8 Å². The molecule has 0 spiro atoms. The molecule has 0 radical (unpaired) electrons. The van der Waals surface area contributed by atoms with Gasteiger partial charge in [-0.05, 0) is 12.8 Å². The number of carbonyl (C=O) groups excluding carboxylic acids is 1. The van der Waals surface area contributed by atoms with Gasteiger partial charge in [0.2, 0.25) is 0 Å². The molecule has 0 unspecified atom stereocenters. The van der Waals surface area contributed by atoms with Crippen molar-refractivity contribution in [1.29, 1.82) is 0 Å². The molecular formula is C11H21NO. The molecule has 0 bridgehead atoms. The first kappa shape index (κ1) is 12.2. The third-order valence-corrected chi connectivity index (χ3v) is 2.05. The van der Waals surface area contributed by atoms with Crippen molar-refractivity contribution in [3.8, 4) is 0 Å². The first-order chi connectivity index (χ1) is 6.22. The van der Waals surface area contributed by atoms with Gasteiger partial charge in [-0.3, -0.25) is 4.79 Å². The van der Waals surface area contributed by atoms with Gasteiger partial charge in [0.05, 0.1) is 5.70 Å². The number of Topliss-reactive ketones (excluding diaryl/α,β-unsaturated/α-hetero) is 1. The van der Waals surface area contributed by atoms with Crippen LogP contribution in [-0.2, 0) is 4.79 Å². The number of hydrogen-bond donors (Lipinski definition) is 1. The Labute approximate surface area is 81.4 Å². The van der Waals surface area contributed by atoms with Gasteiger partial charge in [0, 0.05) is 14.0 Å². The summed E-state index contributed by atoms with van der Waals surface area (Å²) >= 11 is 0. The normalized spacial score (nSPS) is 11.5. The Morgan fingerprint density at radius 3 is 2.46 bits per heavy atom. The van der Waals surface area contributed by atoms with E-state index < -0.39 is 0 Å². The van der Waals surface area contributed by atoms with Crippen LogP contribution < -0.4 is 5.32 Å². The van der Waals surface area contributed by atoms with E-state index in [1.165, 1.54) is 25.7 Å². The molecule has 76 valence electrons. The summed E-state index contributed by atoms with van der Waals surface area (Å²) < 4.78 is 0. The Morgan fingerprint density at radius 1 is 1.31 bits per heavy atom. The molecule has 0 aliphatic rings. The number of nitrogens with one attached hydrogen (secondary N) is 1. The van der Waals surface area contributed by atoms with E-state index in [0.29, 0.717) is 0 Å². The third kappa shape index (κ3) is 6.38. The molecule has 0 aliphatic carbocycles. The molecule has 0 heterocycles. The van der Waals surface area contributed by atoms with Gasteiger partial charge in [0.1, 0.15) is 0 Å². The lowest BCUT2D eigenvalue weighted by Gasteiger charge is -2.01. The standard InChI is InChI=1S/C11H21NO/c1-4-5-6-7-8-9-11(12-3)10(2)13/h9,12H,4-8H2,1-3H3. The molecule has 0 atom stereocenters. The van der Waals surface area contributed by atoms with Crippen LogP contribution >= 0.6 is 0 Å². The second kappa shape index (κ2) is 7.84. The molecule has 13 heavy (non-hydrogen) atoms. The van der Waals surface area contributed by atoms with Gasteiger partial charge in [-0.15, -0.1) is 0 Å². The summed E-state index contributed by atoms with van der Waals surface area (Å²) in [7, 11) is 1.79. The zero-order chi connectivity index (χ0) is 10.1. The number of allylic oxidation sites excluding steroid dienone is 2. The van der Waals surface area contributed by atoms with E-state index in [9.17, 15) is 4.79 Å². The van der Waals surface area contributed by atoms with Crippen molar-refractivity contribution in [2.45, 2.75) is 46.0 Å². The zero-order valence-electron chi connectivity index (χ0n) is 9.02. The summed E-state index contributed by atoms with van der Waals surface area (Å²) in [4.78, 5) is 11.0. The fraction of sp³-hybridized carbons (Fsp3) is 0.727. The molecule has 0 saturated heterocycles. The topological polar surface area (TPSA) is 29.1 Å². The van der Waals surface area contributed by atoms with Gasteiger partial charge in [-0.2, -0.15) is 0 Å². The van der Waals surface area contributed by atoms with Gasteiger partial charge < -0.3 is 5.32 Å². The first-order valence-corrected chi connectivity index (χ1v) is 5.11. The van der Waals surface area contributed by atoms with E-state index in [-0.39, 0.29) is 5.78 Å². The molecule has 0 aromatic heterocycles. The van der Waals surface area contributed by atoms with E-state index >= 15 is 0 Å². The molecule has 2 heteroatoms. The highest BCUT2D eigenvalue weighted by atomic mass is 16.1. The lowest BCUT2D eigenvalue weighted by molar-refractivity contribution is -0.113. The number of rotatable bonds is 7. The number of likely N-dealkylation sites (N-methyl/N-ethyl adjacent to an activating group) is 1. The van der Waals surface area contributed by atoms with Crippen molar-refractivity contribution < 1.29 is 4.79 Å². The van der Waals surface area contributed by atoms with Crippen molar-refractivity contribution in [2.24, 2.45) is 0 Å². The minimum atomic E-state index is 0.123. The fourth-order valence-corrected chi connectivity index (χ4v) is 1.24. The molecule has 0 aromatic carbocycles. The van der Waals surface area contributed by atoms with Crippen molar-refractivity contribution in [3.05, 3.63) is 11.8 Å². The molecule has 0 fully saturated rings. The predicted molar refractivity (Wildman–Crippen MR) is 56.6 cm³/mol. The Hall–Kier alpha value is -0.790. The maximum atomic E-state index is 11.0. The Balaban J connectivity index is 3.61. The van der Waals surface area contributed by atoms with Crippen molar-refractivity contribution >= 4 is 5.78 Å². The first-order valence-electron chi connectivity index (χ1n) is 5.11. The third-order valence-electron chi connectivity index (χ3n) is 2.05. The number of unbranched alkanes of at least 4 members (excludes halogenated alkanes) is 4. The highest BCUT2D eigenvalue weighted by Gasteiger charge is 1.98. The smallest absolute Gasteiger partial charge is 0.175 e. The Morgan fingerprint density at radius 2 is 2.00 bits per heavy atom. The van der Waals surface area contributed by atoms with Gasteiger partial charge in [-0.1, -0.05) is 32.3 Å². The summed E-state index contributed by atoms with van der Waals surface area (Å²) in [6, 6.07) is 0. The second-order valence-corrected chi connectivity index (χ2v) is 3.27. The van der Waals surface area contributed by atoms with Gasteiger partial charge in [0.15, 0.2) is 5.78 Å². The van der Waals surface area contributed by atoms with Gasteiger partial charge in [-0.25, -0.2) is 0 Å². The summed E-state index contributed by atoms with van der Waals surface area (Å²) in [5, 5.41) is 2.90. The number of hydrogen-bond acceptors (Lipinski definition) is 2. The molecule has 0 aromatic rings. The maximum absolute atomic E-state index is 11.0. The molecule has 0 rings (SSSR count). The quantitative estimate of drug-likeness (QED) is 0.485. The van der Waals surface area contributed by atoms with E-state index in [0.717, 1.165) is 12.1 Å². The van der Waals surface area contributed by atoms with Gasteiger partial charge >= 0.3 is 0 Å². The van der Waals surface area contributed by atoms with Crippen LogP contribution in [0.5, 0.6) is 0 Å². The van der Waals surface area contributed by atoms with Crippen molar-refractivity contribution in [1.82, 2.24) is 5.32 Å². The van der Waals surface area contributed by atoms with Crippen molar-refractivity contribution in [2.75, 3.05) is 7.05 Å². The minimum Gasteiger partial charge on any atom is -0.386 e. The van der Waals surface area contributed by atoms with Crippen LogP contribution in [0.15, 0.2) is 11.8 Å². The summed E-state index contributed by atoms with van der Waals surface area (Å²) in [5.74, 6) is 0.123. The van der Waals surface area contributed by atoms with Crippen LogP contribution in [0.2, 0.25) is 0 Å². The second-order valence-electron chi connectivity index (χ2n) is 3.27. The fourth-order valence-electron chi connectivity index (χ4n) is 1.24. The molecule has 1 N–H and O–H groups in total. The lowest BCUT2D eigenvalue weighted by atomic mass is 10.1. The monoisotopic (exact) mass is 183 g/mol. The van der Waals surface area contributed by atoms with Crippen molar-refractivity contribution in [3.63, 3.8) is 0 Å². The average Bonchev–Trinajstić information content (AvgIpc) is 2.10. The zero-order valence-corrected chi connectivity index (χ0v) is 9.02. The van der Waals surface area contributed by atoms with E-state index in [1.54, 1.807) is 14.0 Å². The van der Waals surface area contributed by atoms with Crippen LogP contribution in [0.1, 0.15) is 46.0 Å². The Kier molecular flexibility index (Phi) is 7.36. The molecule has 0 saturated carbocycles. The molecule has 2 nitrogen and oxygen atoms in total. The van der Waals surface area contributed by atoms with Crippen LogP contribution in [0.4, 0.5) is 0 Å². The van der Waals surface area contributed by atoms with Crippen LogP contribution in [0, 0.1) is 0 Å². The average molecular weight is 183 g/mol. The maximum Gasteiger partial charge on any atom is 0.175 e. The highest BCUT2D eigenvalue weighted by Crippen LogP contribution is 2.04. The molecule has 0 aliphatic heterocycles. The summed E-state index contributed by atoms with van der Waals surface area (Å²) in [6.45, 7) is 3.79. The molecular weight excluding hydrogens is 162 g/mol. The largest absolute Gasteiger partial charge is 0.386 e. The summed E-state index contributed by atoms with van der Waals surface area (Å²) in [5.41, 5.74) is 0.747. The van der Waals surface area contributed by atoms with Crippen LogP contribution in [0.25, 0.3) is 0 Å². The Bertz CT molecular complexity index is 173. The SMILES string of the molecule is CCCCCCC=C(NC)C(C)=O. The van der Waals surface area contributed by atoms with Gasteiger partial charge in [0.25, 0.3) is 0 Å². The molecule has 0 amide bonds. The van der Waals surface area contributed by atoms with E-state index in [1.807, 2.05) is 6.08 Å². The highest BCUT2D eigenvalue weighted by molar-refractivity contribution is 5.92. The van der Waals surface area contributed by atoms with Crippen LogP contribution in [0.3, 0.4) is 0 Å².